The van der Waals surface area contributed by atoms with Crippen molar-refractivity contribution in [3.05, 3.63) is 23.8 Å². The molecule has 0 spiro atoms. The van der Waals surface area contributed by atoms with Crippen molar-refractivity contribution in [2.75, 3.05) is 17.2 Å². The molecule has 0 saturated heterocycles. The van der Waals surface area contributed by atoms with Gasteiger partial charge in [-0.3, -0.25) is 0 Å². The molecule has 0 heterocycles. The van der Waals surface area contributed by atoms with Gasteiger partial charge in [0.05, 0.1) is 17.1 Å². The van der Waals surface area contributed by atoms with E-state index in [0.29, 0.717) is 17.1 Å². The minimum absolute atomic E-state index is 0.546. The molecule has 1 aromatic rings. The van der Waals surface area contributed by atoms with Crippen molar-refractivity contribution in [3.8, 4) is 11.8 Å². The summed E-state index contributed by atoms with van der Waals surface area (Å²) in [7, 11) is 0. The molecule has 0 amide bonds. The third-order valence-electron chi connectivity index (χ3n) is 1.40. The number of rotatable bonds is 0. The van der Waals surface area contributed by atoms with E-state index in [1.54, 1.807) is 12.1 Å². The van der Waals surface area contributed by atoms with E-state index in [-0.39, 0.29) is 0 Å². The molecule has 0 aliphatic rings. The van der Waals surface area contributed by atoms with Crippen molar-refractivity contribution in [3.63, 3.8) is 0 Å². The van der Waals surface area contributed by atoms with Crippen LogP contribution in [0.1, 0.15) is 5.56 Å². The normalized spacial score (nSPS) is 8.75. The smallest absolute Gasteiger partial charge is 0.0560 e. The van der Waals surface area contributed by atoms with Crippen LogP contribution >= 0.6 is 12.6 Å². The average molecular weight is 178 g/mol. The van der Waals surface area contributed by atoms with Gasteiger partial charge in [-0.15, -0.1) is 0 Å². The molecule has 0 bridgehead atoms. The van der Waals surface area contributed by atoms with Crippen LogP contribution in [0.4, 0.5) is 11.4 Å². The number of anilines is 2. The van der Waals surface area contributed by atoms with Gasteiger partial charge in [0, 0.05) is 5.56 Å². The van der Waals surface area contributed by atoms with Crippen LogP contribution < -0.4 is 11.5 Å². The number of benzene rings is 1. The fraction of sp³-hybridized carbons (Fsp3) is 0.111. The molecule has 62 valence electrons. The topological polar surface area (TPSA) is 52.0 Å². The van der Waals surface area contributed by atoms with E-state index in [0.717, 1.165) is 5.56 Å². The fourth-order valence-corrected chi connectivity index (χ4v) is 0.873. The predicted molar refractivity (Wildman–Crippen MR) is 56.0 cm³/mol. The van der Waals surface area contributed by atoms with E-state index >= 15 is 0 Å². The van der Waals surface area contributed by atoms with Gasteiger partial charge in [-0.05, 0) is 18.2 Å². The number of hydrogen-bond donors (Lipinski definition) is 3. The Labute approximate surface area is 77.4 Å². The Bertz CT molecular complexity index is 336. The maximum absolute atomic E-state index is 5.58. The van der Waals surface area contributed by atoms with Crippen LogP contribution in [-0.4, -0.2) is 5.75 Å². The molecule has 0 radical (unpaired) electrons. The number of nitrogen functional groups attached to an aromatic ring is 2. The first kappa shape index (κ1) is 8.82. The number of thiol groups is 1. The molecule has 0 aromatic heterocycles. The summed E-state index contributed by atoms with van der Waals surface area (Å²) in [6, 6.07) is 5.34. The van der Waals surface area contributed by atoms with Crippen molar-refractivity contribution < 1.29 is 0 Å². The molecule has 3 heteroatoms. The molecule has 0 aliphatic heterocycles. The van der Waals surface area contributed by atoms with Crippen LogP contribution in [0.5, 0.6) is 0 Å². The highest BCUT2D eigenvalue weighted by atomic mass is 32.1. The largest absolute Gasteiger partial charge is 0.397 e. The SMILES string of the molecule is Nc1ccc(C#CCS)cc1N. The quantitative estimate of drug-likeness (QED) is 0.317. The first-order chi connectivity index (χ1) is 5.74. The van der Waals surface area contributed by atoms with Gasteiger partial charge in [0.1, 0.15) is 0 Å². The third-order valence-corrected chi connectivity index (χ3v) is 1.56. The summed E-state index contributed by atoms with van der Waals surface area (Å²) >= 11 is 3.97. The zero-order valence-electron chi connectivity index (χ0n) is 6.54. The standard InChI is InChI=1S/C9H10N2S/c10-8-4-3-7(2-1-5-12)6-9(8)11/h3-4,6,12H,5,10-11H2. The molecule has 1 aromatic carbocycles. The van der Waals surface area contributed by atoms with Crippen molar-refractivity contribution in [2.45, 2.75) is 0 Å². The second-order valence-electron chi connectivity index (χ2n) is 2.30. The maximum atomic E-state index is 5.58. The second kappa shape index (κ2) is 3.93. The highest BCUT2D eigenvalue weighted by Gasteiger charge is 1.93. The molecule has 1 rings (SSSR count). The summed E-state index contributed by atoms with van der Waals surface area (Å²) in [4.78, 5) is 0. The first-order valence-corrected chi connectivity index (χ1v) is 4.12. The van der Waals surface area contributed by atoms with Gasteiger partial charge in [-0.1, -0.05) is 11.8 Å². The molecule has 0 aliphatic carbocycles. The minimum Gasteiger partial charge on any atom is -0.397 e. The summed E-state index contributed by atoms with van der Waals surface area (Å²) in [5, 5.41) is 0. The zero-order chi connectivity index (χ0) is 8.97. The lowest BCUT2D eigenvalue weighted by Crippen LogP contribution is -1.94. The van der Waals surface area contributed by atoms with E-state index in [4.69, 9.17) is 11.5 Å². The van der Waals surface area contributed by atoms with E-state index in [9.17, 15) is 0 Å². The van der Waals surface area contributed by atoms with Crippen molar-refractivity contribution in [1.29, 1.82) is 0 Å². The monoisotopic (exact) mass is 178 g/mol. The highest BCUT2D eigenvalue weighted by molar-refractivity contribution is 7.80. The molecular formula is C9H10N2S. The molecule has 0 fully saturated rings. The molecule has 0 unspecified atom stereocenters. The Morgan fingerprint density at radius 2 is 2.00 bits per heavy atom. The van der Waals surface area contributed by atoms with Gasteiger partial charge in [0.25, 0.3) is 0 Å². The lowest BCUT2D eigenvalue weighted by atomic mass is 10.2. The molecule has 12 heavy (non-hydrogen) atoms. The molecule has 0 saturated carbocycles. The van der Waals surface area contributed by atoms with Gasteiger partial charge >= 0.3 is 0 Å². The van der Waals surface area contributed by atoms with E-state index in [2.05, 4.69) is 24.5 Å². The zero-order valence-corrected chi connectivity index (χ0v) is 7.44. The average Bonchev–Trinajstić information content (AvgIpc) is 2.07. The summed E-state index contributed by atoms with van der Waals surface area (Å²) in [6.45, 7) is 0. The van der Waals surface area contributed by atoms with Gasteiger partial charge < -0.3 is 11.5 Å². The van der Waals surface area contributed by atoms with Gasteiger partial charge in [-0.2, -0.15) is 12.6 Å². The Kier molecular flexibility index (Phi) is 2.89. The predicted octanol–water partition coefficient (Wildman–Crippen LogP) is 1.13. The van der Waals surface area contributed by atoms with Crippen LogP contribution in [0.3, 0.4) is 0 Å². The Morgan fingerprint density at radius 1 is 1.25 bits per heavy atom. The lowest BCUT2D eigenvalue weighted by molar-refractivity contribution is 1.62. The molecular weight excluding hydrogens is 168 g/mol. The van der Waals surface area contributed by atoms with Crippen molar-refractivity contribution in [2.24, 2.45) is 0 Å². The Balaban J connectivity index is 2.97. The van der Waals surface area contributed by atoms with Gasteiger partial charge in [0.15, 0.2) is 0 Å². The van der Waals surface area contributed by atoms with E-state index < -0.39 is 0 Å². The van der Waals surface area contributed by atoms with Gasteiger partial charge in [-0.25, -0.2) is 0 Å². The Hall–Kier alpha value is -1.27. The first-order valence-electron chi connectivity index (χ1n) is 3.49. The van der Waals surface area contributed by atoms with Crippen LogP contribution in [0.2, 0.25) is 0 Å². The van der Waals surface area contributed by atoms with Gasteiger partial charge in [0.2, 0.25) is 0 Å². The van der Waals surface area contributed by atoms with E-state index in [1.807, 2.05) is 6.07 Å². The van der Waals surface area contributed by atoms with Crippen molar-refractivity contribution in [1.82, 2.24) is 0 Å². The minimum atomic E-state index is 0.546. The summed E-state index contributed by atoms with van der Waals surface area (Å²) in [5.74, 6) is 6.28. The van der Waals surface area contributed by atoms with E-state index in [1.165, 1.54) is 0 Å². The van der Waals surface area contributed by atoms with Crippen LogP contribution in [0.25, 0.3) is 0 Å². The molecule has 0 atom stereocenters. The summed E-state index contributed by atoms with van der Waals surface area (Å²) < 4.78 is 0. The molecule has 4 N–H and O–H groups in total. The molecule has 2 nitrogen and oxygen atoms in total. The summed E-state index contributed by atoms with van der Waals surface area (Å²) in [5.41, 5.74) is 13.1. The third kappa shape index (κ3) is 2.11. The second-order valence-corrected chi connectivity index (χ2v) is 2.62. The fourth-order valence-electron chi connectivity index (χ4n) is 0.794. The number of hydrogen-bond acceptors (Lipinski definition) is 3. The summed E-state index contributed by atoms with van der Waals surface area (Å²) in [6.07, 6.45) is 0. The maximum Gasteiger partial charge on any atom is 0.0560 e. The van der Waals surface area contributed by atoms with Crippen LogP contribution in [-0.2, 0) is 0 Å². The van der Waals surface area contributed by atoms with Crippen molar-refractivity contribution >= 4 is 24.0 Å². The van der Waals surface area contributed by atoms with Crippen LogP contribution in [0.15, 0.2) is 18.2 Å². The van der Waals surface area contributed by atoms with Crippen LogP contribution in [0, 0.1) is 11.8 Å². The Morgan fingerprint density at radius 3 is 2.58 bits per heavy atom. The lowest BCUT2D eigenvalue weighted by Gasteiger charge is -1.98. The number of nitrogens with two attached hydrogens (primary N) is 2. The highest BCUT2D eigenvalue weighted by Crippen LogP contribution is 2.14.